The summed E-state index contributed by atoms with van der Waals surface area (Å²) in [4.78, 5) is 12.2. The van der Waals surface area contributed by atoms with Crippen LogP contribution in [0.1, 0.15) is 46.1 Å². The second kappa shape index (κ2) is 7.57. The van der Waals surface area contributed by atoms with E-state index in [0.717, 1.165) is 18.5 Å². The third-order valence-corrected chi connectivity index (χ3v) is 3.38. The van der Waals surface area contributed by atoms with Crippen LogP contribution in [0.5, 0.6) is 0 Å². The van der Waals surface area contributed by atoms with Crippen LogP contribution < -0.4 is 11.1 Å². The Kier molecular flexibility index (Phi) is 6.37. The number of amides is 1. The summed E-state index contributed by atoms with van der Waals surface area (Å²) in [5.74, 6) is -0.361. The van der Waals surface area contributed by atoms with E-state index in [1.54, 1.807) is 0 Å². The highest BCUT2D eigenvalue weighted by molar-refractivity contribution is 5.86. The van der Waals surface area contributed by atoms with Crippen molar-refractivity contribution in [2.45, 2.75) is 51.7 Å². The molecule has 0 saturated heterocycles. The van der Waals surface area contributed by atoms with Gasteiger partial charge in [0.1, 0.15) is 5.54 Å². The Hall–Kier alpha value is -1.39. The summed E-state index contributed by atoms with van der Waals surface area (Å²) in [5, 5.41) is 3.33. The molecule has 3 N–H and O–H groups in total. The van der Waals surface area contributed by atoms with Gasteiger partial charge in [0.05, 0.1) is 5.60 Å². The predicted molar refractivity (Wildman–Crippen MR) is 85.9 cm³/mol. The van der Waals surface area contributed by atoms with Crippen LogP contribution in [0.2, 0.25) is 0 Å². The molecular weight excluding hydrogens is 264 g/mol. The van der Waals surface area contributed by atoms with Crippen molar-refractivity contribution in [3.63, 3.8) is 0 Å². The normalized spacial score (nSPS) is 14.7. The molecule has 0 spiro atoms. The van der Waals surface area contributed by atoms with Gasteiger partial charge in [-0.3, -0.25) is 10.1 Å². The Bertz CT molecular complexity index is 440. The van der Waals surface area contributed by atoms with Gasteiger partial charge in [0.15, 0.2) is 0 Å². The first-order valence-electron chi connectivity index (χ1n) is 7.56. The van der Waals surface area contributed by atoms with E-state index in [1.165, 1.54) is 0 Å². The number of carbonyl (C=O) groups is 1. The monoisotopic (exact) mass is 292 g/mol. The minimum absolute atomic E-state index is 0.231. The quantitative estimate of drug-likeness (QED) is 0.774. The molecule has 1 unspecified atom stereocenters. The fraction of sp³-hybridized carbons (Fsp3) is 0.588. The number of ether oxygens (including phenoxy) is 1. The summed E-state index contributed by atoms with van der Waals surface area (Å²) in [5.41, 5.74) is 5.53. The molecular formula is C17H28N2O2. The lowest BCUT2D eigenvalue weighted by atomic mass is 9.85. The van der Waals surface area contributed by atoms with Gasteiger partial charge < -0.3 is 10.5 Å². The van der Waals surface area contributed by atoms with E-state index in [0.29, 0.717) is 13.0 Å². The lowest BCUT2D eigenvalue weighted by Crippen LogP contribution is -2.53. The first-order chi connectivity index (χ1) is 9.82. The van der Waals surface area contributed by atoms with Gasteiger partial charge in [-0.05, 0) is 39.3 Å². The molecule has 0 aromatic heterocycles. The average molecular weight is 292 g/mol. The second-order valence-corrected chi connectivity index (χ2v) is 6.27. The molecule has 1 aromatic carbocycles. The fourth-order valence-electron chi connectivity index (χ4n) is 2.26. The zero-order chi connectivity index (χ0) is 15.9. The molecule has 0 fully saturated rings. The molecule has 1 atom stereocenters. The summed E-state index contributed by atoms with van der Waals surface area (Å²) in [6.07, 6.45) is 1.45. The fourth-order valence-corrected chi connectivity index (χ4v) is 2.26. The van der Waals surface area contributed by atoms with Crippen molar-refractivity contribution < 1.29 is 9.53 Å². The van der Waals surface area contributed by atoms with Crippen LogP contribution in [0, 0.1) is 0 Å². The van der Waals surface area contributed by atoms with Crippen molar-refractivity contribution in [2.75, 3.05) is 13.2 Å². The van der Waals surface area contributed by atoms with Gasteiger partial charge in [-0.2, -0.15) is 0 Å². The standard InChI is InChI=1S/C17H28N2O2/c1-5-12-19-17(15(18)20,11-13-21-16(2,3)4)14-9-7-6-8-10-14/h6-10,19H,5,11-13H2,1-4H3,(H2,18,20). The molecule has 1 amide bonds. The highest BCUT2D eigenvalue weighted by atomic mass is 16.5. The molecule has 0 heterocycles. The van der Waals surface area contributed by atoms with Crippen LogP contribution in [0.25, 0.3) is 0 Å². The Morgan fingerprint density at radius 2 is 1.86 bits per heavy atom. The maximum atomic E-state index is 12.2. The number of hydrogen-bond donors (Lipinski definition) is 2. The number of nitrogens with one attached hydrogen (secondary N) is 1. The van der Waals surface area contributed by atoms with E-state index < -0.39 is 5.54 Å². The summed E-state index contributed by atoms with van der Waals surface area (Å²) in [6, 6.07) is 9.65. The van der Waals surface area contributed by atoms with Crippen LogP contribution in [0.15, 0.2) is 30.3 Å². The number of benzene rings is 1. The smallest absolute Gasteiger partial charge is 0.242 e. The lowest BCUT2D eigenvalue weighted by Gasteiger charge is -2.33. The van der Waals surface area contributed by atoms with Crippen LogP contribution in [0.4, 0.5) is 0 Å². The van der Waals surface area contributed by atoms with E-state index in [2.05, 4.69) is 12.2 Å². The lowest BCUT2D eigenvalue weighted by molar-refractivity contribution is -0.126. The molecule has 0 bridgehead atoms. The topological polar surface area (TPSA) is 64.3 Å². The van der Waals surface area contributed by atoms with Crippen molar-refractivity contribution >= 4 is 5.91 Å². The van der Waals surface area contributed by atoms with E-state index in [1.807, 2.05) is 51.1 Å². The first kappa shape index (κ1) is 17.7. The Balaban J connectivity index is 2.99. The first-order valence-corrected chi connectivity index (χ1v) is 7.56. The number of primary amides is 1. The van der Waals surface area contributed by atoms with Gasteiger partial charge in [0.2, 0.25) is 5.91 Å². The van der Waals surface area contributed by atoms with Crippen molar-refractivity contribution in [2.24, 2.45) is 5.73 Å². The molecule has 1 aromatic rings. The van der Waals surface area contributed by atoms with E-state index >= 15 is 0 Å². The Morgan fingerprint density at radius 3 is 2.33 bits per heavy atom. The molecule has 21 heavy (non-hydrogen) atoms. The highest BCUT2D eigenvalue weighted by Crippen LogP contribution is 2.26. The van der Waals surface area contributed by atoms with Gasteiger partial charge in [-0.1, -0.05) is 37.3 Å². The largest absolute Gasteiger partial charge is 0.376 e. The Labute approximate surface area is 128 Å². The molecule has 0 aliphatic rings. The third kappa shape index (κ3) is 5.14. The number of hydrogen-bond acceptors (Lipinski definition) is 3. The molecule has 0 aliphatic heterocycles. The van der Waals surface area contributed by atoms with Crippen LogP contribution in [-0.4, -0.2) is 24.7 Å². The Morgan fingerprint density at radius 1 is 1.24 bits per heavy atom. The minimum Gasteiger partial charge on any atom is -0.376 e. The van der Waals surface area contributed by atoms with Gasteiger partial charge in [-0.15, -0.1) is 0 Å². The summed E-state index contributed by atoms with van der Waals surface area (Å²) >= 11 is 0. The van der Waals surface area contributed by atoms with Gasteiger partial charge >= 0.3 is 0 Å². The summed E-state index contributed by atoms with van der Waals surface area (Å²) in [6.45, 7) is 9.27. The molecule has 1 rings (SSSR count). The van der Waals surface area contributed by atoms with Crippen LogP contribution in [0.3, 0.4) is 0 Å². The minimum atomic E-state index is -0.872. The van der Waals surface area contributed by atoms with E-state index in [9.17, 15) is 4.79 Å². The molecule has 4 heteroatoms. The van der Waals surface area contributed by atoms with E-state index in [-0.39, 0.29) is 11.5 Å². The van der Waals surface area contributed by atoms with Crippen LogP contribution >= 0.6 is 0 Å². The SMILES string of the molecule is CCCNC(CCOC(C)(C)C)(C(N)=O)c1ccccc1. The number of carbonyl (C=O) groups excluding carboxylic acids is 1. The third-order valence-electron chi connectivity index (χ3n) is 3.38. The highest BCUT2D eigenvalue weighted by Gasteiger charge is 2.37. The average Bonchev–Trinajstić information content (AvgIpc) is 2.42. The van der Waals surface area contributed by atoms with Crippen molar-refractivity contribution in [1.29, 1.82) is 0 Å². The van der Waals surface area contributed by atoms with Gasteiger partial charge in [0, 0.05) is 13.0 Å². The molecule has 118 valence electrons. The summed E-state index contributed by atoms with van der Waals surface area (Å²) in [7, 11) is 0. The molecule has 0 radical (unpaired) electrons. The van der Waals surface area contributed by atoms with E-state index in [4.69, 9.17) is 10.5 Å². The second-order valence-electron chi connectivity index (χ2n) is 6.27. The maximum Gasteiger partial charge on any atom is 0.242 e. The van der Waals surface area contributed by atoms with Crippen molar-refractivity contribution in [3.05, 3.63) is 35.9 Å². The predicted octanol–water partition coefficient (Wildman–Crippen LogP) is 2.57. The zero-order valence-corrected chi connectivity index (χ0v) is 13.6. The zero-order valence-electron chi connectivity index (χ0n) is 13.6. The molecule has 0 saturated carbocycles. The van der Waals surface area contributed by atoms with Crippen molar-refractivity contribution in [1.82, 2.24) is 5.32 Å². The maximum absolute atomic E-state index is 12.2. The molecule has 0 aliphatic carbocycles. The van der Waals surface area contributed by atoms with Crippen LogP contribution in [-0.2, 0) is 15.1 Å². The number of nitrogens with two attached hydrogens (primary N) is 1. The summed E-state index contributed by atoms with van der Waals surface area (Å²) < 4.78 is 5.79. The number of rotatable bonds is 8. The van der Waals surface area contributed by atoms with Crippen molar-refractivity contribution in [3.8, 4) is 0 Å². The molecule has 4 nitrogen and oxygen atoms in total. The van der Waals surface area contributed by atoms with Gasteiger partial charge in [0.25, 0.3) is 0 Å². The van der Waals surface area contributed by atoms with Gasteiger partial charge in [-0.25, -0.2) is 0 Å².